The molecule has 0 radical (unpaired) electrons. The Morgan fingerprint density at radius 2 is 1.73 bits per heavy atom. The molecule has 3 aromatic carbocycles. The van der Waals surface area contributed by atoms with Crippen LogP contribution < -0.4 is 24.8 Å². The van der Waals surface area contributed by atoms with E-state index in [-0.39, 0.29) is 36.8 Å². The summed E-state index contributed by atoms with van der Waals surface area (Å²) in [4.78, 5) is 62.0. The summed E-state index contributed by atoms with van der Waals surface area (Å²) in [6, 6.07) is 21.8. The van der Waals surface area contributed by atoms with Crippen LogP contribution in [0.3, 0.4) is 0 Å². The number of amides is 4. The van der Waals surface area contributed by atoms with Crippen molar-refractivity contribution in [3.8, 4) is 22.8 Å². The maximum atomic E-state index is 14.6. The van der Waals surface area contributed by atoms with Gasteiger partial charge in [0.15, 0.2) is 0 Å². The van der Waals surface area contributed by atoms with E-state index in [1.54, 1.807) is 52.1 Å². The topological polar surface area (TPSA) is 195 Å². The van der Waals surface area contributed by atoms with Gasteiger partial charge in [-0.2, -0.15) is 0 Å². The number of pyridine rings is 1. The van der Waals surface area contributed by atoms with Crippen LogP contribution in [0, 0.1) is 5.92 Å². The molecule has 1 aromatic heterocycles. The number of likely N-dealkylation sites (tertiary alicyclic amines) is 1. The zero-order valence-electron chi connectivity index (χ0n) is 33.2. The molecule has 3 N–H and O–H groups in total. The molecular weight excluding hydrogens is 779 g/mol. The summed E-state index contributed by atoms with van der Waals surface area (Å²) in [5, 5.41) is 6.13. The Balaban J connectivity index is 1.21. The number of carbonyl (C=O) groups excluding carboxylic acids is 4. The number of nitrogens with zero attached hydrogens (tertiary/aromatic N) is 2. The third-order valence-corrected chi connectivity index (χ3v) is 11.8. The molecule has 4 aromatic rings. The van der Waals surface area contributed by atoms with Crippen LogP contribution >= 0.6 is 0 Å². The van der Waals surface area contributed by atoms with Crippen LogP contribution in [0.25, 0.3) is 22.2 Å². The van der Waals surface area contributed by atoms with E-state index in [1.807, 2.05) is 36.4 Å². The minimum Gasteiger partial charge on any atom is -0.497 e. The van der Waals surface area contributed by atoms with Gasteiger partial charge in [-0.15, -0.1) is 6.58 Å². The maximum Gasteiger partial charge on any atom is 0.408 e. The molecule has 3 aliphatic rings. The van der Waals surface area contributed by atoms with E-state index in [0.29, 0.717) is 34.7 Å². The predicted octanol–water partition coefficient (Wildman–Crippen LogP) is 4.51. The van der Waals surface area contributed by atoms with Gasteiger partial charge in [0.1, 0.15) is 40.8 Å². The maximum absolute atomic E-state index is 14.6. The molecule has 15 nitrogen and oxygen atoms in total. The number of aromatic nitrogens is 1. The lowest BCUT2D eigenvalue weighted by atomic mass is 10.1. The lowest BCUT2D eigenvalue weighted by molar-refractivity contribution is -0.141. The van der Waals surface area contributed by atoms with Gasteiger partial charge in [-0.05, 0) is 51.5 Å². The smallest absolute Gasteiger partial charge is 0.408 e. The monoisotopic (exact) mass is 825 g/mol. The predicted molar refractivity (Wildman–Crippen MR) is 217 cm³/mol. The Bertz CT molecular complexity index is 2370. The number of epoxide rings is 1. The van der Waals surface area contributed by atoms with Crippen molar-refractivity contribution in [3.63, 3.8) is 0 Å². The normalized spacial score (nSPS) is 22.7. The van der Waals surface area contributed by atoms with Gasteiger partial charge in [-0.25, -0.2) is 22.9 Å². The standard InChI is InChI=1S/C43H47N5O10S/c1-6-27-23-43(27,40(51)47-59(53,54)31-15-11-8-12-16-31)46-38(49)36-21-29(24-48(36)39(50)35(20-30-25-56-30)45-41(52)58-42(2,3)4)57-37-22-33(26-13-9-7-10-14-26)44-34-19-28(55-5)17-18-32(34)37/h6-19,22,27,29-30,35-36H,1,20-21,23-25H2,2-5H3,(H,45,52)(H,46,49)(H,47,51)/t27-,29-,30?,35?,36+,43-/m1/s1. The van der Waals surface area contributed by atoms with E-state index in [4.69, 9.17) is 23.9 Å². The van der Waals surface area contributed by atoms with E-state index in [9.17, 15) is 27.6 Å². The fraction of sp³-hybridized carbons (Fsp3) is 0.372. The minimum absolute atomic E-state index is 0.0178. The number of hydrogen-bond donors (Lipinski definition) is 3. The lowest BCUT2D eigenvalue weighted by Crippen LogP contribution is -2.58. The molecule has 2 aliphatic heterocycles. The first-order valence-electron chi connectivity index (χ1n) is 19.3. The molecule has 0 bridgehead atoms. The molecule has 0 spiro atoms. The quantitative estimate of drug-likeness (QED) is 0.120. The molecule has 2 unspecified atom stereocenters. The second-order valence-corrected chi connectivity index (χ2v) is 17.6. The molecule has 1 saturated carbocycles. The van der Waals surface area contributed by atoms with Crippen LogP contribution in [0.5, 0.6) is 11.5 Å². The van der Waals surface area contributed by atoms with Crippen molar-refractivity contribution < 1.29 is 46.5 Å². The number of rotatable bonds is 14. The van der Waals surface area contributed by atoms with Crippen LogP contribution in [-0.4, -0.2) is 97.8 Å². The van der Waals surface area contributed by atoms with Gasteiger partial charge < -0.3 is 34.5 Å². The second-order valence-electron chi connectivity index (χ2n) is 15.9. The van der Waals surface area contributed by atoms with Gasteiger partial charge in [-0.1, -0.05) is 54.6 Å². The summed E-state index contributed by atoms with van der Waals surface area (Å²) < 4.78 is 51.6. The summed E-state index contributed by atoms with van der Waals surface area (Å²) in [5.74, 6) is -1.81. The van der Waals surface area contributed by atoms with E-state index in [2.05, 4.69) is 21.9 Å². The van der Waals surface area contributed by atoms with Crippen LogP contribution in [0.1, 0.15) is 40.0 Å². The Morgan fingerprint density at radius 3 is 2.36 bits per heavy atom. The van der Waals surface area contributed by atoms with Crippen LogP contribution in [0.4, 0.5) is 4.79 Å². The largest absolute Gasteiger partial charge is 0.497 e. The average Bonchev–Trinajstić information content (AvgIpc) is 4.13. The van der Waals surface area contributed by atoms with Gasteiger partial charge in [0, 0.05) is 41.8 Å². The number of methoxy groups -OCH3 is 1. The van der Waals surface area contributed by atoms with Crippen molar-refractivity contribution >= 4 is 44.7 Å². The van der Waals surface area contributed by atoms with Gasteiger partial charge >= 0.3 is 6.09 Å². The lowest BCUT2D eigenvalue weighted by Gasteiger charge is -2.30. The molecular formula is C43H47N5O10S. The number of benzene rings is 3. The fourth-order valence-corrected chi connectivity index (χ4v) is 8.32. The summed E-state index contributed by atoms with van der Waals surface area (Å²) in [6.45, 7) is 9.20. The first-order valence-corrected chi connectivity index (χ1v) is 20.8. The molecule has 16 heteroatoms. The molecule has 59 heavy (non-hydrogen) atoms. The SMILES string of the molecule is C=C[C@@H]1C[C@]1(NC(=O)[C@@H]1C[C@@H](Oc2cc(-c3ccccc3)nc3cc(OC)ccc23)CN1C(=O)C(CC1CO1)NC(=O)OC(C)(C)C)C(=O)NS(=O)(=O)c1ccccc1. The fourth-order valence-electron chi connectivity index (χ4n) is 7.26. The number of carbonyl (C=O) groups is 4. The highest BCUT2D eigenvalue weighted by Gasteiger charge is 2.61. The molecule has 7 rings (SSSR count). The summed E-state index contributed by atoms with van der Waals surface area (Å²) >= 11 is 0. The van der Waals surface area contributed by atoms with Gasteiger partial charge in [0.2, 0.25) is 11.8 Å². The van der Waals surface area contributed by atoms with E-state index >= 15 is 0 Å². The highest BCUT2D eigenvalue weighted by molar-refractivity contribution is 7.90. The Hall–Kier alpha value is -6.00. The third-order valence-electron chi connectivity index (χ3n) is 10.4. The van der Waals surface area contributed by atoms with Gasteiger partial charge in [0.05, 0.1) is 42.5 Å². The first kappa shape index (κ1) is 41.2. The van der Waals surface area contributed by atoms with Crippen molar-refractivity contribution in [2.24, 2.45) is 5.92 Å². The number of nitrogens with one attached hydrogen (secondary N) is 3. The Morgan fingerprint density at radius 1 is 1.03 bits per heavy atom. The number of ether oxygens (including phenoxy) is 4. The Labute approximate surface area is 342 Å². The van der Waals surface area contributed by atoms with Crippen LogP contribution in [-0.2, 0) is 33.9 Å². The van der Waals surface area contributed by atoms with Crippen molar-refractivity contribution in [2.75, 3.05) is 20.3 Å². The zero-order valence-corrected chi connectivity index (χ0v) is 34.0. The van der Waals surface area contributed by atoms with E-state index < -0.39 is 69.1 Å². The van der Waals surface area contributed by atoms with Crippen molar-refractivity contribution in [1.29, 1.82) is 0 Å². The van der Waals surface area contributed by atoms with E-state index in [1.165, 1.54) is 35.2 Å². The minimum atomic E-state index is -4.29. The molecule has 6 atom stereocenters. The molecule has 3 heterocycles. The van der Waals surface area contributed by atoms with Crippen LogP contribution in [0.15, 0.2) is 102 Å². The molecule has 4 amide bonds. The number of sulfonamides is 1. The molecule has 310 valence electrons. The summed E-state index contributed by atoms with van der Waals surface area (Å²) in [7, 11) is -2.73. The second kappa shape index (κ2) is 16.3. The number of hydrogen-bond acceptors (Lipinski definition) is 11. The van der Waals surface area contributed by atoms with Crippen molar-refractivity contribution in [1.82, 2.24) is 25.2 Å². The highest BCUT2D eigenvalue weighted by atomic mass is 32.2. The number of alkyl carbamates (subject to hydrolysis) is 1. The van der Waals surface area contributed by atoms with E-state index in [0.717, 1.165) is 5.56 Å². The Kier molecular flexibility index (Phi) is 11.4. The highest BCUT2D eigenvalue weighted by Crippen LogP contribution is 2.45. The van der Waals surface area contributed by atoms with Crippen molar-refractivity contribution in [3.05, 3.63) is 97.6 Å². The van der Waals surface area contributed by atoms with Crippen molar-refractivity contribution in [2.45, 2.75) is 80.4 Å². The molecule has 1 aliphatic carbocycles. The first-order chi connectivity index (χ1) is 28.1. The van der Waals surface area contributed by atoms with Gasteiger partial charge in [0.25, 0.3) is 15.9 Å². The van der Waals surface area contributed by atoms with Gasteiger partial charge in [-0.3, -0.25) is 14.4 Å². The number of fused-ring (bicyclic) bond motifs is 1. The summed E-state index contributed by atoms with van der Waals surface area (Å²) in [6.07, 6.45) is -0.222. The zero-order chi connectivity index (χ0) is 42.1. The third kappa shape index (κ3) is 9.34. The van der Waals surface area contributed by atoms with Crippen LogP contribution in [0.2, 0.25) is 0 Å². The summed E-state index contributed by atoms with van der Waals surface area (Å²) in [5.41, 5.74) is -0.465. The molecule has 2 saturated heterocycles. The average molecular weight is 826 g/mol. The molecule has 3 fully saturated rings.